The number of carbonyl (C=O) groups excluding carboxylic acids is 1. The number of rotatable bonds is 5. The van der Waals surface area contributed by atoms with Crippen molar-refractivity contribution in [3.63, 3.8) is 0 Å². The van der Waals surface area contributed by atoms with Gasteiger partial charge in [0.05, 0.1) is 11.7 Å². The summed E-state index contributed by atoms with van der Waals surface area (Å²) in [6.45, 7) is 4.17. The van der Waals surface area contributed by atoms with E-state index in [1.165, 1.54) is 0 Å². The zero-order valence-electron chi connectivity index (χ0n) is 11.5. The second kappa shape index (κ2) is 6.47. The molecule has 106 valence electrons. The van der Waals surface area contributed by atoms with Gasteiger partial charge in [0.1, 0.15) is 0 Å². The summed E-state index contributed by atoms with van der Waals surface area (Å²) in [4.78, 5) is 27.6. The van der Waals surface area contributed by atoms with E-state index < -0.39 is 0 Å². The largest absolute Gasteiger partial charge is 0.348 e. The lowest BCUT2D eigenvalue weighted by Crippen LogP contribution is -2.29. The Morgan fingerprint density at radius 3 is 2.90 bits per heavy atom. The molecule has 0 spiro atoms. The molecule has 0 saturated heterocycles. The van der Waals surface area contributed by atoms with Crippen LogP contribution in [0.15, 0.2) is 34.6 Å². The minimum atomic E-state index is -0.135. The van der Waals surface area contributed by atoms with Crippen LogP contribution in [0.4, 0.5) is 0 Å². The summed E-state index contributed by atoms with van der Waals surface area (Å²) >= 11 is 1.16. The van der Waals surface area contributed by atoms with Gasteiger partial charge in [0.25, 0.3) is 0 Å². The molecule has 0 aliphatic heterocycles. The van der Waals surface area contributed by atoms with E-state index in [1.54, 1.807) is 16.1 Å². The predicted octanol–water partition coefficient (Wildman–Crippen LogP) is 1.88. The van der Waals surface area contributed by atoms with Gasteiger partial charge in [-0.1, -0.05) is 17.4 Å². The number of amides is 1. The second-order valence-corrected chi connectivity index (χ2v) is 5.41. The summed E-state index contributed by atoms with van der Waals surface area (Å²) in [5, 5.41) is 4.69. The van der Waals surface area contributed by atoms with E-state index in [1.807, 2.05) is 32.0 Å². The third-order valence-electron chi connectivity index (χ3n) is 3.05. The Hall–Kier alpha value is -1.95. The van der Waals surface area contributed by atoms with Gasteiger partial charge < -0.3 is 9.88 Å². The summed E-state index contributed by atoms with van der Waals surface area (Å²) in [6, 6.07) is 5.46. The number of hydrogen-bond acceptors (Lipinski definition) is 4. The predicted molar refractivity (Wildman–Crippen MR) is 78.7 cm³/mol. The van der Waals surface area contributed by atoms with Crippen molar-refractivity contribution < 1.29 is 4.79 Å². The van der Waals surface area contributed by atoms with Crippen LogP contribution in [0.2, 0.25) is 0 Å². The van der Waals surface area contributed by atoms with Crippen molar-refractivity contribution in [1.82, 2.24) is 14.9 Å². The Morgan fingerprint density at radius 2 is 2.30 bits per heavy atom. The maximum absolute atomic E-state index is 11.9. The number of hydrogen-bond donors (Lipinski definition) is 1. The maximum atomic E-state index is 11.9. The molecule has 1 amide bonds. The minimum Gasteiger partial charge on any atom is -0.348 e. The number of aryl methyl sites for hydroxylation is 1. The van der Waals surface area contributed by atoms with E-state index in [9.17, 15) is 9.59 Å². The minimum absolute atomic E-state index is 0.0203. The molecule has 1 atom stereocenters. The van der Waals surface area contributed by atoms with Crippen molar-refractivity contribution in [2.75, 3.05) is 0 Å². The zero-order chi connectivity index (χ0) is 14.5. The van der Waals surface area contributed by atoms with Crippen LogP contribution in [0.3, 0.4) is 0 Å². The molecule has 2 aromatic heterocycles. The number of aromatic nitrogens is 2. The molecule has 0 radical (unpaired) electrons. The Bertz CT molecular complexity index is 633. The summed E-state index contributed by atoms with van der Waals surface area (Å²) in [5.74, 6) is -0.0827. The molecule has 6 heteroatoms. The molecule has 0 saturated carbocycles. The summed E-state index contributed by atoms with van der Waals surface area (Å²) in [7, 11) is 0. The topological polar surface area (TPSA) is 64.0 Å². The molecular formula is C14H17N3O2S. The molecule has 0 aliphatic rings. The molecule has 1 N–H and O–H groups in total. The van der Waals surface area contributed by atoms with Crippen LogP contribution in [0, 0.1) is 6.92 Å². The van der Waals surface area contributed by atoms with Crippen molar-refractivity contribution in [2.45, 2.75) is 32.9 Å². The zero-order valence-corrected chi connectivity index (χ0v) is 12.3. The van der Waals surface area contributed by atoms with E-state index in [4.69, 9.17) is 0 Å². The fourth-order valence-electron chi connectivity index (χ4n) is 1.91. The van der Waals surface area contributed by atoms with Gasteiger partial charge in [-0.3, -0.25) is 14.6 Å². The molecule has 0 aliphatic carbocycles. The summed E-state index contributed by atoms with van der Waals surface area (Å²) < 4.78 is 1.62. The van der Waals surface area contributed by atoms with Crippen LogP contribution in [0.5, 0.6) is 0 Å². The molecular weight excluding hydrogens is 274 g/mol. The van der Waals surface area contributed by atoms with Crippen molar-refractivity contribution >= 4 is 17.2 Å². The first-order valence-electron chi connectivity index (χ1n) is 6.43. The van der Waals surface area contributed by atoms with E-state index in [0.29, 0.717) is 6.54 Å². The lowest BCUT2D eigenvalue weighted by Gasteiger charge is -2.13. The van der Waals surface area contributed by atoms with E-state index in [-0.39, 0.29) is 23.2 Å². The highest BCUT2D eigenvalue weighted by atomic mass is 32.1. The average Bonchev–Trinajstić information content (AvgIpc) is 2.77. The van der Waals surface area contributed by atoms with Crippen molar-refractivity contribution in [3.05, 3.63) is 50.8 Å². The van der Waals surface area contributed by atoms with Gasteiger partial charge in [-0.15, -0.1) is 0 Å². The van der Waals surface area contributed by atoms with Gasteiger partial charge in [-0.2, -0.15) is 0 Å². The van der Waals surface area contributed by atoms with Gasteiger partial charge in [0, 0.05) is 30.2 Å². The lowest BCUT2D eigenvalue weighted by atomic mass is 10.2. The molecule has 2 rings (SSSR count). The normalized spacial score (nSPS) is 12.1. The number of pyridine rings is 1. The third-order valence-corrected chi connectivity index (χ3v) is 3.93. The number of thiazole rings is 1. The fourth-order valence-corrected chi connectivity index (χ4v) is 2.67. The van der Waals surface area contributed by atoms with Crippen LogP contribution in [-0.4, -0.2) is 15.5 Å². The standard InChI is InChI=1S/C14H17N3O2S/c1-10-9-20-14(19)17(10)8-6-13(18)16-11(2)12-5-3-4-7-15-12/h3-5,7,9,11H,6,8H2,1-2H3,(H,16,18)/t11-/m1/s1. The van der Waals surface area contributed by atoms with Crippen LogP contribution >= 0.6 is 11.3 Å². The molecule has 0 unspecified atom stereocenters. The third kappa shape index (κ3) is 3.54. The maximum Gasteiger partial charge on any atom is 0.307 e. The SMILES string of the molecule is Cc1csc(=O)n1CCC(=O)N[C@H](C)c1ccccn1. The quantitative estimate of drug-likeness (QED) is 0.915. The molecule has 2 heterocycles. The number of carbonyl (C=O) groups is 1. The Labute approximate surface area is 121 Å². The van der Waals surface area contributed by atoms with Gasteiger partial charge in [-0.25, -0.2) is 0 Å². The number of nitrogens with one attached hydrogen (secondary N) is 1. The van der Waals surface area contributed by atoms with Gasteiger partial charge in [0.2, 0.25) is 5.91 Å². The highest BCUT2D eigenvalue weighted by Gasteiger charge is 2.11. The van der Waals surface area contributed by atoms with Crippen molar-refractivity contribution in [1.29, 1.82) is 0 Å². The van der Waals surface area contributed by atoms with E-state index in [0.717, 1.165) is 22.7 Å². The lowest BCUT2D eigenvalue weighted by molar-refractivity contribution is -0.122. The highest BCUT2D eigenvalue weighted by molar-refractivity contribution is 7.07. The van der Waals surface area contributed by atoms with Gasteiger partial charge in [0.15, 0.2) is 0 Å². The fraction of sp³-hybridized carbons (Fsp3) is 0.357. The molecule has 5 nitrogen and oxygen atoms in total. The van der Waals surface area contributed by atoms with Crippen molar-refractivity contribution in [2.24, 2.45) is 0 Å². The highest BCUT2D eigenvalue weighted by Crippen LogP contribution is 2.08. The molecule has 2 aromatic rings. The summed E-state index contributed by atoms with van der Waals surface area (Å²) in [6.07, 6.45) is 1.99. The van der Waals surface area contributed by atoms with E-state index >= 15 is 0 Å². The Morgan fingerprint density at radius 1 is 1.50 bits per heavy atom. The average molecular weight is 291 g/mol. The van der Waals surface area contributed by atoms with Gasteiger partial charge >= 0.3 is 4.87 Å². The smallest absolute Gasteiger partial charge is 0.307 e. The second-order valence-electron chi connectivity index (χ2n) is 4.59. The van der Waals surface area contributed by atoms with Crippen molar-refractivity contribution in [3.8, 4) is 0 Å². The van der Waals surface area contributed by atoms with E-state index in [2.05, 4.69) is 10.3 Å². The first kappa shape index (κ1) is 14.5. The molecule has 0 fully saturated rings. The molecule has 0 bridgehead atoms. The van der Waals surface area contributed by atoms with Crippen LogP contribution in [-0.2, 0) is 11.3 Å². The Balaban J connectivity index is 1.89. The molecule has 0 aromatic carbocycles. The summed E-state index contributed by atoms with van der Waals surface area (Å²) in [5.41, 5.74) is 1.72. The Kier molecular flexibility index (Phi) is 4.68. The molecule has 20 heavy (non-hydrogen) atoms. The first-order chi connectivity index (χ1) is 9.58. The van der Waals surface area contributed by atoms with Crippen LogP contribution < -0.4 is 10.2 Å². The monoisotopic (exact) mass is 291 g/mol. The number of nitrogens with zero attached hydrogens (tertiary/aromatic N) is 2. The van der Waals surface area contributed by atoms with Gasteiger partial charge in [-0.05, 0) is 26.0 Å². The van der Waals surface area contributed by atoms with Crippen LogP contribution in [0.25, 0.3) is 0 Å². The first-order valence-corrected chi connectivity index (χ1v) is 7.31. The van der Waals surface area contributed by atoms with Crippen LogP contribution in [0.1, 0.15) is 30.8 Å².